The molecule has 0 bridgehead atoms. The van der Waals surface area contributed by atoms with E-state index in [4.69, 9.17) is 10.8 Å². The summed E-state index contributed by atoms with van der Waals surface area (Å²) in [7, 11) is -3.45. The molecule has 6 heteroatoms. The minimum Gasteiger partial charge on any atom is -0.398 e. The number of para-hydroxylation sites is 1. The molecule has 112 valence electrons. The highest BCUT2D eigenvalue weighted by Gasteiger charge is 2.31. The fourth-order valence-corrected chi connectivity index (χ4v) is 4.63. The molecule has 0 atom stereocenters. The fourth-order valence-electron chi connectivity index (χ4n) is 2.78. The van der Waals surface area contributed by atoms with Gasteiger partial charge in [-0.2, -0.15) is 4.31 Å². The van der Waals surface area contributed by atoms with Crippen LogP contribution in [0, 0.1) is 0 Å². The van der Waals surface area contributed by atoms with Crippen LogP contribution >= 0.6 is 0 Å². The van der Waals surface area contributed by atoms with E-state index in [1.165, 1.54) is 4.31 Å². The van der Waals surface area contributed by atoms with Gasteiger partial charge in [0.1, 0.15) is 0 Å². The van der Waals surface area contributed by atoms with Crippen molar-refractivity contribution in [2.75, 3.05) is 18.9 Å². The van der Waals surface area contributed by atoms with E-state index in [0.29, 0.717) is 11.3 Å². The van der Waals surface area contributed by atoms with E-state index >= 15 is 0 Å². The second-order valence-corrected chi connectivity index (χ2v) is 7.15. The van der Waals surface area contributed by atoms with E-state index in [2.05, 4.69) is 0 Å². The van der Waals surface area contributed by atoms with Gasteiger partial charge in [0.25, 0.3) is 0 Å². The van der Waals surface area contributed by atoms with Crippen molar-refractivity contribution in [3.63, 3.8) is 0 Å². The summed E-state index contributed by atoms with van der Waals surface area (Å²) in [4.78, 5) is 0. The lowest BCUT2D eigenvalue weighted by Crippen LogP contribution is -2.41. The summed E-state index contributed by atoms with van der Waals surface area (Å²) in [5.41, 5.74) is 6.93. The average molecular weight is 298 g/mol. The molecule has 3 N–H and O–H groups in total. The molecular weight excluding hydrogens is 276 g/mol. The summed E-state index contributed by atoms with van der Waals surface area (Å²) in [6.07, 6.45) is 3.86. The summed E-state index contributed by atoms with van der Waals surface area (Å²) in [5.74, 6) is -0.101. The SMILES string of the molecule is Nc1ccccc1CS(=O)(=O)N(CCO)C1CCCC1. The van der Waals surface area contributed by atoms with Gasteiger partial charge < -0.3 is 10.8 Å². The van der Waals surface area contributed by atoms with E-state index in [-0.39, 0.29) is 24.9 Å². The van der Waals surface area contributed by atoms with Crippen molar-refractivity contribution in [2.45, 2.75) is 37.5 Å². The molecule has 0 amide bonds. The molecule has 0 aliphatic heterocycles. The third kappa shape index (κ3) is 3.50. The van der Waals surface area contributed by atoms with E-state index in [1.807, 2.05) is 0 Å². The number of anilines is 1. The first-order chi connectivity index (χ1) is 9.54. The Labute approximate surface area is 120 Å². The molecule has 20 heavy (non-hydrogen) atoms. The van der Waals surface area contributed by atoms with E-state index in [1.54, 1.807) is 24.3 Å². The Hall–Kier alpha value is -1.11. The summed E-state index contributed by atoms with van der Waals surface area (Å²) in [5, 5.41) is 9.15. The molecule has 1 aromatic rings. The highest BCUT2D eigenvalue weighted by atomic mass is 32.2. The Morgan fingerprint density at radius 2 is 1.90 bits per heavy atom. The highest BCUT2D eigenvalue weighted by Crippen LogP contribution is 2.27. The summed E-state index contributed by atoms with van der Waals surface area (Å²) >= 11 is 0. The number of aliphatic hydroxyl groups excluding tert-OH is 1. The Bertz CT molecular complexity index is 539. The first-order valence-electron chi connectivity index (χ1n) is 6.98. The number of aliphatic hydroxyl groups is 1. The monoisotopic (exact) mass is 298 g/mol. The topological polar surface area (TPSA) is 83.6 Å². The first kappa shape index (κ1) is 15.3. The highest BCUT2D eigenvalue weighted by molar-refractivity contribution is 7.88. The quantitative estimate of drug-likeness (QED) is 0.776. The van der Waals surface area contributed by atoms with Gasteiger partial charge in [-0.3, -0.25) is 0 Å². The minimum atomic E-state index is -3.45. The second kappa shape index (κ2) is 6.56. The third-order valence-electron chi connectivity index (χ3n) is 3.80. The van der Waals surface area contributed by atoms with Gasteiger partial charge in [0, 0.05) is 18.3 Å². The molecule has 2 rings (SSSR count). The van der Waals surface area contributed by atoms with Crippen LogP contribution in [0.1, 0.15) is 31.2 Å². The van der Waals surface area contributed by atoms with Gasteiger partial charge in [0.15, 0.2) is 0 Å². The molecule has 5 nitrogen and oxygen atoms in total. The van der Waals surface area contributed by atoms with E-state index < -0.39 is 10.0 Å². The van der Waals surface area contributed by atoms with Gasteiger partial charge in [-0.25, -0.2) is 8.42 Å². The van der Waals surface area contributed by atoms with Gasteiger partial charge in [0.2, 0.25) is 10.0 Å². The zero-order chi connectivity index (χ0) is 14.6. The molecule has 0 spiro atoms. The maximum absolute atomic E-state index is 12.6. The van der Waals surface area contributed by atoms with Crippen LogP contribution < -0.4 is 5.73 Å². The number of rotatable bonds is 6. The summed E-state index contributed by atoms with van der Waals surface area (Å²) in [6, 6.07) is 7.04. The third-order valence-corrected chi connectivity index (χ3v) is 5.67. The Morgan fingerprint density at radius 3 is 2.50 bits per heavy atom. The summed E-state index contributed by atoms with van der Waals surface area (Å²) in [6.45, 7) is 0.0136. The van der Waals surface area contributed by atoms with Crippen molar-refractivity contribution in [1.29, 1.82) is 0 Å². The molecule has 0 aromatic heterocycles. The molecule has 1 aromatic carbocycles. The predicted octanol–water partition coefficient (Wildman–Crippen LogP) is 1.34. The van der Waals surface area contributed by atoms with E-state index in [9.17, 15) is 8.42 Å². The molecule has 0 radical (unpaired) electrons. The first-order valence-corrected chi connectivity index (χ1v) is 8.59. The van der Waals surface area contributed by atoms with Gasteiger partial charge in [-0.15, -0.1) is 0 Å². The number of benzene rings is 1. The molecule has 1 fully saturated rings. The van der Waals surface area contributed by atoms with Gasteiger partial charge >= 0.3 is 0 Å². The number of nitrogens with zero attached hydrogens (tertiary/aromatic N) is 1. The van der Waals surface area contributed by atoms with Crippen LogP contribution in [-0.4, -0.2) is 37.0 Å². The Morgan fingerprint density at radius 1 is 1.25 bits per heavy atom. The van der Waals surface area contributed by atoms with Crippen LogP contribution in [0.2, 0.25) is 0 Å². The zero-order valence-corrected chi connectivity index (χ0v) is 12.3. The Kier molecular flexibility index (Phi) is 5.01. The number of nitrogens with two attached hydrogens (primary N) is 1. The normalized spacial score (nSPS) is 16.9. The molecule has 1 aliphatic rings. The number of nitrogen functional groups attached to an aromatic ring is 1. The number of hydrogen-bond acceptors (Lipinski definition) is 4. The molecular formula is C14H22N2O3S. The zero-order valence-electron chi connectivity index (χ0n) is 11.5. The second-order valence-electron chi connectivity index (χ2n) is 5.23. The van der Waals surface area contributed by atoms with Crippen molar-refractivity contribution < 1.29 is 13.5 Å². The molecule has 0 heterocycles. The molecule has 1 aliphatic carbocycles. The van der Waals surface area contributed by atoms with Crippen molar-refractivity contribution in [2.24, 2.45) is 0 Å². The smallest absolute Gasteiger partial charge is 0.218 e. The minimum absolute atomic E-state index is 0.0251. The van der Waals surface area contributed by atoms with Crippen LogP contribution in [0.15, 0.2) is 24.3 Å². The van der Waals surface area contributed by atoms with Gasteiger partial charge in [-0.05, 0) is 24.5 Å². The van der Waals surface area contributed by atoms with Crippen LogP contribution in [-0.2, 0) is 15.8 Å². The fraction of sp³-hybridized carbons (Fsp3) is 0.571. The largest absolute Gasteiger partial charge is 0.398 e. The molecule has 1 saturated carbocycles. The van der Waals surface area contributed by atoms with Crippen LogP contribution in [0.25, 0.3) is 0 Å². The number of sulfonamides is 1. The van der Waals surface area contributed by atoms with Crippen molar-refractivity contribution in [3.8, 4) is 0 Å². The van der Waals surface area contributed by atoms with Crippen molar-refractivity contribution in [1.82, 2.24) is 4.31 Å². The molecule has 0 unspecified atom stereocenters. The van der Waals surface area contributed by atoms with Crippen molar-refractivity contribution in [3.05, 3.63) is 29.8 Å². The maximum Gasteiger partial charge on any atom is 0.218 e. The van der Waals surface area contributed by atoms with Gasteiger partial charge in [-0.1, -0.05) is 31.0 Å². The standard InChI is InChI=1S/C14H22N2O3S/c15-14-8-4-1-5-12(14)11-20(18,19)16(9-10-17)13-6-2-3-7-13/h1,4-5,8,13,17H,2-3,6-7,9-11,15H2. The lowest BCUT2D eigenvalue weighted by Gasteiger charge is -2.27. The predicted molar refractivity (Wildman–Crippen MR) is 79.5 cm³/mol. The molecule has 0 saturated heterocycles. The average Bonchev–Trinajstić information content (AvgIpc) is 2.92. The maximum atomic E-state index is 12.6. The van der Waals surface area contributed by atoms with Crippen LogP contribution in [0.3, 0.4) is 0 Å². The number of hydrogen-bond donors (Lipinski definition) is 2. The van der Waals surface area contributed by atoms with Crippen LogP contribution in [0.4, 0.5) is 5.69 Å². The van der Waals surface area contributed by atoms with Gasteiger partial charge in [0.05, 0.1) is 12.4 Å². The lowest BCUT2D eigenvalue weighted by molar-refractivity contribution is 0.226. The van der Waals surface area contributed by atoms with Crippen LogP contribution in [0.5, 0.6) is 0 Å². The lowest BCUT2D eigenvalue weighted by atomic mass is 10.2. The Balaban J connectivity index is 2.20. The van der Waals surface area contributed by atoms with E-state index in [0.717, 1.165) is 25.7 Å². The van der Waals surface area contributed by atoms with Crippen molar-refractivity contribution >= 4 is 15.7 Å². The summed E-state index contributed by atoms with van der Waals surface area (Å²) < 4.78 is 26.6.